The number of amides is 1. The summed E-state index contributed by atoms with van der Waals surface area (Å²) in [6.07, 6.45) is 0. The average molecular weight is 470 g/mol. The van der Waals surface area contributed by atoms with Crippen LogP contribution in [0.1, 0.15) is 0 Å². The van der Waals surface area contributed by atoms with Gasteiger partial charge in [0, 0.05) is 5.69 Å². The molecule has 1 amide bonds. The van der Waals surface area contributed by atoms with Gasteiger partial charge in [-0.1, -0.05) is 12.1 Å². The van der Waals surface area contributed by atoms with E-state index >= 15 is 0 Å². The number of benzene rings is 2. The van der Waals surface area contributed by atoms with Gasteiger partial charge in [0.2, 0.25) is 5.91 Å². The topological polar surface area (TPSA) is 121 Å². The Hall–Kier alpha value is -2.80. The molecule has 0 radical (unpaired) electrons. The van der Waals surface area contributed by atoms with Crippen molar-refractivity contribution in [3.8, 4) is 0 Å². The van der Waals surface area contributed by atoms with Crippen LogP contribution >= 0.6 is 11.3 Å². The molecule has 158 valence electrons. The highest BCUT2D eigenvalue weighted by molar-refractivity contribution is 7.92. The molecule has 0 atom stereocenters. The lowest BCUT2D eigenvalue weighted by molar-refractivity contribution is -0.115. The molecule has 2 aromatic carbocycles. The zero-order valence-corrected chi connectivity index (χ0v) is 17.7. The van der Waals surface area contributed by atoms with Crippen LogP contribution in [0.4, 0.5) is 15.8 Å². The molecular weight excluding hydrogens is 453 g/mol. The fraction of sp³-hybridized carbons (Fsp3) is 0.0556. The lowest BCUT2D eigenvalue weighted by atomic mass is 10.3. The lowest BCUT2D eigenvalue weighted by Gasteiger charge is -2.10. The first kappa shape index (κ1) is 21.9. The van der Waals surface area contributed by atoms with Crippen LogP contribution in [-0.4, -0.2) is 29.3 Å². The van der Waals surface area contributed by atoms with Crippen LogP contribution in [0.15, 0.2) is 75.1 Å². The minimum Gasteiger partial charge on any atom is -0.325 e. The van der Waals surface area contributed by atoms with E-state index in [0.717, 1.165) is 17.4 Å². The fourth-order valence-corrected chi connectivity index (χ4v) is 5.41. The highest BCUT2D eigenvalue weighted by Crippen LogP contribution is 2.19. The van der Waals surface area contributed by atoms with E-state index in [2.05, 4.69) is 14.8 Å². The van der Waals surface area contributed by atoms with Crippen LogP contribution in [0.3, 0.4) is 0 Å². The number of carbonyl (C=O) groups is 1. The maximum atomic E-state index is 13.2. The van der Waals surface area contributed by atoms with Gasteiger partial charge in [0.1, 0.15) is 10.0 Å². The van der Waals surface area contributed by atoms with Crippen molar-refractivity contribution in [2.45, 2.75) is 9.10 Å². The summed E-state index contributed by atoms with van der Waals surface area (Å²) in [5, 5.41) is 4.07. The van der Waals surface area contributed by atoms with Crippen molar-refractivity contribution in [1.82, 2.24) is 4.72 Å². The van der Waals surface area contributed by atoms with Gasteiger partial charge in [0.25, 0.3) is 20.0 Å². The molecular formula is C18H16FN3O5S3. The van der Waals surface area contributed by atoms with Crippen LogP contribution in [0, 0.1) is 5.82 Å². The van der Waals surface area contributed by atoms with Gasteiger partial charge in [-0.05, 0) is 53.9 Å². The van der Waals surface area contributed by atoms with E-state index < -0.39 is 38.3 Å². The van der Waals surface area contributed by atoms with Crippen LogP contribution in [0.2, 0.25) is 0 Å². The van der Waals surface area contributed by atoms with E-state index in [9.17, 15) is 26.0 Å². The molecule has 8 nitrogen and oxygen atoms in total. The summed E-state index contributed by atoms with van der Waals surface area (Å²) in [6, 6.07) is 13.2. The van der Waals surface area contributed by atoms with Gasteiger partial charge in [-0.3, -0.25) is 9.52 Å². The molecule has 1 aromatic heterocycles. The van der Waals surface area contributed by atoms with Crippen molar-refractivity contribution >= 4 is 48.7 Å². The number of hydrogen-bond donors (Lipinski definition) is 3. The Bertz CT molecular complexity index is 1240. The molecule has 3 N–H and O–H groups in total. The fourth-order valence-electron chi connectivity index (χ4n) is 2.34. The number of halogens is 1. The summed E-state index contributed by atoms with van der Waals surface area (Å²) in [4.78, 5) is 11.9. The van der Waals surface area contributed by atoms with Crippen LogP contribution in [0.25, 0.3) is 0 Å². The van der Waals surface area contributed by atoms with Gasteiger partial charge < -0.3 is 5.32 Å². The van der Waals surface area contributed by atoms with Gasteiger partial charge in [0.15, 0.2) is 0 Å². The Morgan fingerprint density at radius 2 is 1.63 bits per heavy atom. The molecule has 3 rings (SSSR count). The summed E-state index contributed by atoms with van der Waals surface area (Å²) in [5.74, 6) is -1.20. The number of carbonyl (C=O) groups excluding carboxylic acids is 1. The Morgan fingerprint density at radius 3 is 2.27 bits per heavy atom. The predicted molar refractivity (Wildman–Crippen MR) is 112 cm³/mol. The first-order chi connectivity index (χ1) is 14.2. The minimum absolute atomic E-state index is 0.0744. The average Bonchev–Trinajstić information content (AvgIpc) is 3.22. The minimum atomic E-state index is -3.95. The highest BCUT2D eigenvalue weighted by atomic mass is 32.2. The number of thiophene rings is 1. The Labute approximate surface area is 176 Å². The number of hydrogen-bond acceptors (Lipinski definition) is 6. The Morgan fingerprint density at radius 1 is 0.900 bits per heavy atom. The van der Waals surface area contributed by atoms with Crippen molar-refractivity contribution in [2.75, 3.05) is 16.6 Å². The first-order valence-corrected chi connectivity index (χ1v) is 12.2. The van der Waals surface area contributed by atoms with E-state index in [-0.39, 0.29) is 20.5 Å². The van der Waals surface area contributed by atoms with E-state index in [4.69, 9.17) is 0 Å². The molecule has 0 aliphatic rings. The highest BCUT2D eigenvalue weighted by Gasteiger charge is 2.17. The predicted octanol–water partition coefficient (Wildman–Crippen LogP) is 2.61. The molecule has 1 heterocycles. The second-order valence-corrected chi connectivity index (χ2v) is 10.6. The smallest absolute Gasteiger partial charge is 0.261 e. The summed E-state index contributed by atoms with van der Waals surface area (Å²) >= 11 is 1.02. The molecule has 0 saturated heterocycles. The van der Waals surface area contributed by atoms with Crippen LogP contribution < -0.4 is 14.8 Å². The van der Waals surface area contributed by atoms with Crippen molar-refractivity contribution < 1.29 is 26.0 Å². The first-order valence-electron chi connectivity index (χ1n) is 8.37. The summed E-state index contributed by atoms with van der Waals surface area (Å²) < 4.78 is 66.5. The molecule has 0 saturated carbocycles. The van der Waals surface area contributed by atoms with E-state index in [1.165, 1.54) is 48.5 Å². The number of anilines is 2. The molecule has 0 bridgehead atoms. The molecule has 30 heavy (non-hydrogen) atoms. The molecule has 3 aromatic rings. The molecule has 0 aliphatic carbocycles. The van der Waals surface area contributed by atoms with E-state index in [1.807, 2.05) is 0 Å². The molecule has 0 spiro atoms. The zero-order valence-electron chi connectivity index (χ0n) is 15.2. The second kappa shape index (κ2) is 8.92. The Balaban J connectivity index is 1.60. The third-order valence-corrected chi connectivity index (χ3v) is 7.90. The summed E-state index contributed by atoms with van der Waals surface area (Å²) in [5.41, 5.74) is 0.352. The van der Waals surface area contributed by atoms with Gasteiger partial charge >= 0.3 is 0 Å². The maximum absolute atomic E-state index is 13.2. The van der Waals surface area contributed by atoms with Crippen molar-refractivity contribution in [2.24, 2.45) is 0 Å². The molecule has 12 heteroatoms. The van der Waals surface area contributed by atoms with Crippen molar-refractivity contribution in [3.05, 3.63) is 71.9 Å². The summed E-state index contributed by atoms with van der Waals surface area (Å²) in [7, 11) is -7.72. The third-order valence-electron chi connectivity index (χ3n) is 3.71. The lowest BCUT2D eigenvalue weighted by Crippen LogP contribution is -2.32. The monoisotopic (exact) mass is 469 g/mol. The quantitative estimate of drug-likeness (QED) is 0.468. The molecule has 0 unspecified atom stereocenters. The van der Waals surface area contributed by atoms with E-state index in [0.29, 0.717) is 0 Å². The standard InChI is InChI=1S/C18H16FN3O5S3/c19-13-3-1-4-15(11-13)22-29(24,25)16-8-6-14(7-9-16)21-17(23)12-20-30(26,27)18-5-2-10-28-18/h1-11,20,22H,12H2,(H,21,23). The maximum Gasteiger partial charge on any atom is 0.261 e. The van der Waals surface area contributed by atoms with Crippen molar-refractivity contribution in [1.29, 1.82) is 0 Å². The normalized spacial score (nSPS) is 11.8. The largest absolute Gasteiger partial charge is 0.325 e. The molecule has 0 fully saturated rings. The molecule has 0 aliphatic heterocycles. The number of nitrogens with one attached hydrogen (secondary N) is 3. The van der Waals surface area contributed by atoms with Crippen molar-refractivity contribution in [3.63, 3.8) is 0 Å². The van der Waals surface area contributed by atoms with Gasteiger partial charge in [0.05, 0.1) is 17.1 Å². The van der Waals surface area contributed by atoms with Crippen LogP contribution in [-0.2, 0) is 24.8 Å². The number of rotatable bonds is 8. The second-order valence-electron chi connectivity index (χ2n) is 5.95. The van der Waals surface area contributed by atoms with E-state index in [1.54, 1.807) is 11.4 Å². The van der Waals surface area contributed by atoms with Gasteiger partial charge in [-0.2, -0.15) is 0 Å². The Kier molecular flexibility index (Phi) is 6.51. The third kappa shape index (κ3) is 5.63. The van der Waals surface area contributed by atoms with Crippen LogP contribution in [0.5, 0.6) is 0 Å². The summed E-state index contributed by atoms with van der Waals surface area (Å²) in [6.45, 7) is -0.485. The van der Waals surface area contributed by atoms with Gasteiger partial charge in [-0.15, -0.1) is 11.3 Å². The number of sulfonamides is 2. The SMILES string of the molecule is O=C(CNS(=O)(=O)c1cccs1)Nc1ccc(S(=O)(=O)Nc2cccc(F)c2)cc1. The zero-order chi connectivity index (χ0) is 21.8. The van der Waals surface area contributed by atoms with Gasteiger partial charge in [-0.25, -0.2) is 25.9 Å².